The van der Waals surface area contributed by atoms with Gasteiger partial charge in [-0.3, -0.25) is 4.79 Å². The van der Waals surface area contributed by atoms with Gasteiger partial charge in [-0.15, -0.1) is 5.10 Å². The first kappa shape index (κ1) is 18.7. The van der Waals surface area contributed by atoms with Crippen LogP contribution in [-0.2, 0) is 4.79 Å². The number of rotatable bonds is 6. The number of carbonyl (C=O) groups excluding carboxylic acids is 1. The number of imidazole rings is 1. The summed E-state index contributed by atoms with van der Waals surface area (Å²) in [7, 11) is 1.66. The van der Waals surface area contributed by atoms with Crippen molar-refractivity contribution in [2.24, 2.45) is 5.92 Å². The first-order valence-electron chi connectivity index (χ1n) is 9.71. The summed E-state index contributed by atoms with van der Waals surface area (Å²) in [6, 6.07) is 7.85. The predicted octanol–water partition coefficient (Wildman–Crippen LogP) is 3.21. The van der Waals surface area contributed by atoms with Crippen LogP contribution in [0.2, 0.25) is 0 Å². The zero-order valence-electron chi connectivity index (χ0n) is 16.2. The van der Waals surface area contributed by atoms with Crippen molar-refractivity contribution in [3.63, 3.8) is 0 Å². The molecule has 0 bridgehead atoms. The Morgan fingerprint density at radius 2 is 2.18 bits per heavy atom. The molecule has 7 nitrogen and oxygen atoms in total. The third kappa shape index (κ3) is 3.82. The van der Waals surface area contributed by atoms with Crippen molar-refractivity contribution in [3.05, 3.63) is 30.5 Å². The van der Waals surface area contributed by atoms with Crippen LogP contribution in [0.1, 0.15) is 26.2 Å². The summed E-state index contributed by atoms with van der Waals surface area (Å²) in [4.78, 5) is 20.1. The zero-order valence-corrected chi connectivity index (χ0v) is 17.0. The number of nitrogens with zero attached hydrogens (tertiary/aromatic N) is 4. The highest BCUT2D eigenvalue weighted by molar-refractivity contribution is 7.20. The van der Waals surface area contributed by atoms with Crippen molar-refractivity contribution in [1.82, 2.24) is 19.9 Å². The lowest BCUT2D eigenvalue weighted by atomic mass is 9.97. The van der Waals surface area contributed by atoms with Crippen LogP contribution in [0.25, 0.3) is 16.2 Å². The molecular weight excluding hydrogens is 374 g/mol. The number of aromatic nitrogens is 3. The highest BCUT2D eigenvalue weighted by atomic mass is 32.1. The Morgan fingerprint density at radius 3 is 2.89 bits per heavy atom. The summed E-state index contributed by atoms with van der Waals surface area (Å²) in [5, 5.41) is 8.66. The molecule has 3 heterocycles. The third-order valence-corrected chi connectivity index (χ3v) is 6.01. The van der Waals surface area contributed by atoms with Gasteiger partial charge in [0.15, 0.2) is 0 Å². The maximum atomic E-state index is 12.3. The number of hydrogen-bond acceptors (Lipinski definition) is 6. The quantitative estimate of drug-likeness (QED) is 0.689. The van der Waals surface area contributed by atoms with E-state index in [9.17, 15) is 4.79 Å². The molecule has 0 unspecified atom stereocenters. The number of carbonyl (C=O) groups is 1. The van der Waals surface area contributed by atoms with Gasteiger partial charge in [-0.2, -0.15) is 0 Å². The molecule has 0 radical (unpaired) electrons. The van der Waals surface area contributed by atoms with Crippen LogP contribution < -0.4 is 15.0 Å². The second-order valence-corrected chi connectivity index (χ2v) is 7.98. The molecule has 1 fully saturated rings. The third-order valence-electron chi connectivity index (χ3n) is 5.03. The van der Waals surface area contributed by atoms with Gasteiger partial charge in [-0.25, -0.2) is 9.50 Å². The highest BCUT2D eigenvalue weighted by Gasteiger charge is 2.27. The fourth-order valence-corrected chi connectivity index (χ4v) is 4.39. The molecule has 0 spiro atoms. The van der Waals surface area contributed by atoms with Crippen molar-refractivity contribution >= 4 is 27.3 Å². The maximum absolute atomic E-state index is 12.3. The van der Waals surface area contributed by atoms with Crippen LogP contribution in [0.4, 0.5) is 5.13 Å². The monoisotopic (exact) mass is 399 g/mol. The average molecular weight is 400 g/mol. The molecule has 0 saturated carbocycles. The van der Waals surface area contributed by atoms with Gasteiger partial charge in [-0.05, 0) is 43.5 Å². The Balaban J connectivity index is 1.48. The van der Waals surface area contributed by atoms with Crippen LogP contribution in [0, 0.1) is 5.92 Å². The first-order chi connectivity index (χ1) is 13.7. The van der Waals surface area contributed by atoms with E-state index in [1.54, 1.807) is 18.4 Å². The average Bonchev–Trinajstić information content (AvgIpc) is 3.31. The molecule has 0 aliphatic carbocycles. The summed E-state index contributed by atoms with van der Waals surface area (Å²) in [5.41, 5.74) is 1.93. The molecule has 1 aliphatic heterocycles. The molecule has 8 heteroatoms. The number of amides is 1. The lowest BCUT2D eigenvalue weighted by Crippen LogP contribution is -2.43. The predicted molar refractivity (Wildman–Crippen MR) is 111 cm³/mol. The molecule has 3 aromatic rings. The smallest absolute Gasteiger partial charge is 0.224 e. The number of nitrogens with one attached hydrogen (secondary N) is 1. The summed E-state index contributed by atoms with van der Waals surface area (Å²) >= 11 is 1.57. The topological polar surface area (TPSA) is 71.8 Å². The van der Waals surface area contributed by atoms with Gasteiger partial charge in [-0.1, -0.05) is 18.3 Å². The molecule has 1 aromatic carbocycles. The number of fused-ring (bicyclic) bond motifs is 1. The van der Waals surface area contributed by atoms with E-state index in [4.69, 9.17) is 14.8 Å². The molecule has 4 rings (SSSR count). The van der Waals surface area contributed by atoms with Crippen LogP contribution in [0.5, 0.6) is 5.75 Å². The number of methoxy groups -OCH3 is 1. The minimum absolute atomic E-state index is 0.0337. The number of anilines is 1. The van der Waals surface area contributed by atoms with Gasteiger partial charge in [0.25, 0.3) is 0 Å². The Morgan fingerprint density at radius 1 is 1.36 bits per heavy atom. The van der Waals surface area contributed by atoms with Gasteiger partial charge in [0, 0.05) is 25.2 Å². The zero-order chi connectivity index (χ0) is 19.5. The minimum Gasteiger partial charge on any atom is -0.497 e. The number of hydrogen-bond donors (Lipinski definition) is 1. The summed E-state index contributed by atoms with van der Waals surface area (Å²) < 4.78 is 7.04. The minimum atomic E-state index is 0.0337. The van der Waals surface area contributed by atoms with Crippen LogP contribution in [-0.4, -0.2) is 47.2 Å². The van der Waals surface area contributed by atoms with E-state index in [1.807, 2.05) is 35.0 Å². The van der Waals surface area contributed by atoms with Crippen molar-refractivity contribution in [2.45, 2.75) is 26.2 Å². The Labute approximate surface area is 168 Å². The molecule has 1 amide bonds. The van der Waals surface area contributed by atoms with E-state index < -0.39 is 0 Å². The van der Waals surface area contributed by atoms with E-state index in [0.717, 1.165) is 66.0 Å². The molecule has 28 heavy (non-hydrogen) atoms. The fraction of sp³-hybridized carbons (Fsp3) is 0.450. The van der Waals surface area contributed by atoms with Crippen LogP contribution >= 0.6 is 11.3 Å². The molecule has 1 saturated heterocycles. The number of benzene rings is 1. The second-order valence-electron chi connectivity index (χ2n) is 7.04. The summed E-state index contributed by atoms with van der Waals surface area (Å²) in [6.07, 6.45) is 4.86. The molecular formula is C20H25N5O2S. The largest absolute Gasteiger partial charge is 0.497 e. The summed E-state index contributed by atoms with van der Waals surface area (Å²) in [6.45, 7) is 4.46. The number of piperidine rings is 1. The standard InChI is InChI=1S/C20H25N5O2S/c1-3-10-21-18(26)15-5-4-11-24(12-15)20-23-25-13-17(22-19(25)28-20)14-6-8-16(27-2)9-7-14/h6-9,13,15H,3-5,10-12H2,1-2H3,(H,21,26)/t15-/m0/s1. The molecule has 1 atom stereocenters. The highest BCUT2D eigenvalue weighted by Crippen LogP contribution is 2.30. The summed E-state index contributed by atoms with van der Waals surface area (Å²) in [5.74, 6) is 1.02. The van der Waals surface area contributed by atoms with E-state index in [1.165, 1.54) is 0 Å². The van der Waals surface area contributed by atoms with E-state index in [-0.39, 0.29) is 11.8 Å². The Hall–Kier alpha value is -2.61. The normalized spacial score (nSPS) is 17.1. The fourth-order valence-electron chi connectivity index (χ4n) is 3.48. The van der Waals surface area contributed by atoms with Crippen LogP contribution in [0.15, 0.2) is 30.5 Å². The Bertz CT molecular complexity index is 918. The Kier molecular flexibility index (Phi) is 5.47. The van der Waals surface area contributed by atoms with Crippen molar-refractivity contribution in [2.75, 3.05) is 31.6 Å². The SMILES string of the molecule is CCCNC(=O)[C@H]1CCCN(c2nn3cc(-c4ccc(OC)cc4)nc3s2)C1. The number of ether oxygens (including phenoxy) is 1. The molecule has 2 aromatic heterocycles. The van der Waals surface area contributed by atoms with Crippen molar-refractivity contribution in [3.8, 4) is 17.0 Å². The second kappa shape index (κ2) is 8.18. The molecule has 148 valence electrons. The van der Waals surface area contributed by atoms with Gasteiger partial charge >= 0.3 is 0 Å². The van der Waals surface area contributed by atoms with E-state index >= 15 is 0 Å². The molecule has 1 N–H and O–H groups in total. The van der Waals surface area contributed by atoms with Gasteiger partial charge in [0.2, 0.25) is 16.0 Å². The van der Waals surface area contributed by atoms with Gasteiger partial charge in [0.1, 0.15) is 5.75 Å². The lowest BCUT2D eigenvalue weighted by Gasteiger charge is -2.31. The van der Waals surface area contributed by atoms with Crippen LogP contribution in [0.3, 0.4) is 0 Å². The first-order valence-corrected chi connectivity index (χ1v) is 10.5. The molecule has 1 aliphatic rings. The van der Waals surface area contributed by atoms with E-state index in [0.29, 0.717) is 0 Å². The lowest BCUT2D eigenvalue weighted by molar-refractivity contribution is -0.125. The van der Waals surface area contributed by atoms with Gasteiger partial charge < -0.3 is 15.0 Å². The van der Waals surface area contributed by atoms with Crippen molar-refractivity contribution < 1.29 is 9.53 Å². The van der Waals surface area contributed by atoms with Crippen molar-refractivity contribution in [1.29, 1.82) is 0 Å². The van der Waals surface area contributed by atoms with E-state index in [2.05, 4.69) is 17.1 Å². The van der Waals surface area contributed by atoms with Gasteiger partial charge in [0.05, 0.1) is 24.9 Å². The maximum Gasteiger partial charge on any atom is 0.224 e.